The number of hydrogen-bond acceptors (Lipinski definition) is 7. The first kappa shape index (κ1) is 11.8. The Balaban J connectivity index is 2.36. The van der Waals surface area contributed by atoms with Crippen molar-refractivity contribution >= 4 is 29.6 Å². The number of oxime groups is 1. The van der Waals surface area contributed by atoms with Gasteiger partial charge in [0.2, 0.25) is 5.78 Å². The fraction of sp³-hybridized carbons (Fsp3) is 0. The first-order valence-electron chi connectivity index (χ1n) is 4.50. The first-order valence-corrected chi connectivity index (χ1v) is 5.24. The van der Waals surface area contributed by atoms with Gasteiger partial charge < -0.3 is 5.21 Å². The maximum Gasteiger partial charge on any atom is 0.208 e. The van der Waals surface area contributed by atoms with Crippen molar-refractivity contribution in [1.29, 1.82) is 0 Å². The Bertz CT molecular complexity index is 511. The van der Waals surface area contributed by atoms with Crippen LogP contribution in [0.4, 0.5) is 0 Å². The van der Waals surface area contributed by atoms with Crippen LogP contribution in [0.1, 0.15) is 11.1 Å². The molecule has 88 valence electrons. The predicted molar refractivity (Wildman–Crippen MR) is 59.5 cm³/mol. The minimum Gasteiger partial charge on any atom is -0.410 e. The average molecular weight is 253 g/mol. The second-order valence-corrected chi connectivity index (χ2v) is 3.90. The molecule has 0 spiro atoms. The number of carbonyl (C=O) groups is 1. The summed E-state index contributed by atoms with van der Waals surface area (Å²) < 4.78 is 4.29. The zero-order valence-corrected chi connectivity index (χ0v) is 9.18. The first-order chi connectivity index (χ1) is 8.26. The summed E-state index contributed by atoms with van der Waals surface area (Å²) in [5, 5.41) is 23.2. The zero-order chi connectivity index (χ0) is 12.3. The van der Waals surface area contributed by atoms with Crippen LogP contribution in [0.25, 0.3) is 6.08 Å². The number of rotatable bonds is 3. The van der Waals surface area contributed by atoms with E-state index in [4.69, 9.17) is 10.5 Å². The van der Waals surface area contributed by atoms with Crippen LogP contribution in [0.15, 0.2) is 34.3 Å². The fourth-order valence-electron chi connectivity index (χ4n) is 1.48. The summed E-state index contributed by atoms with van der Waals surface area (Å²) in [5.41, 5.74) is 1.25. The number of benzene rings is 1. The van der Waals surface area contributed by atoms with Gasteiger partial charge in [0.05, 0.1) is 12.0 Å². The summed E-state index contributed by atoms with van der Waals surface area (Å²) in [6.07, 6.45) is 2.92. The van der Waals surface area contributed by atoms with Gasteiger partial charge in [-0.05, 0) is 23.8 Å². The Hall–Kier alpha value is -1.67. The molecular formula is C10H7NO5S. The van der Waals surface area contributed by atoms with E-state index in [9.17, 15) is 4.79 Å². The molecule has 0 atom stereocenters. The van der Waals surface area contributed by atoms with Crippen molar-refractivity contribution in [1.82, 2.24) is 0 Å². The third-order valence-electron chi connectivity index (χ3n) is 2.19. The van der Waals surface area contributed by atoms with E-state index < -0.39 is 0 Å². The van der Waals surface area contributed by atoms with Gasteiger partial charge in [0.25, 0.3) is 0 Å². The van der Waals surface area contributed by atoms with E-state index in [0.29, 0.717) is 16.0 Å². The summed E-state index contributed by atoms with van der Waals surface area (Å²) >= 11 is 0.809. The van der Waals surface area contributed by atoms with E-state index in [0.717, 1.165) is 12.0 Å². The molecular weight excluding hydrogens is 246 g/mol. The highest BCUT2D eigenvalue weighted by atomic mass is 32.2. The summed E-state index contributed by atoms with van der Waals surface area (Å²) in [4.78, 5) is 12.0. The minimum atomic E-state index is -0.352. The molecule has 0 aliphatic heterocycles. The smallest absolute Gasteiger partial charge is 0.208 e. The van der Waals surface area contributed by atoms with Gasteiger partial charge in [-0.1, -0.05) is 22.3 Å². The van der Waals surface area contributed by atoms with Gasteiger partial charge in [-0.15, -0.1) is 4.33 Å². The Morgan fingerprint density at radius 1 is 1.29 bits per heavy atom. The van der Waals surface area contributed by atoms with Gasteiger partial charge in [0, 0.05) is 10.5 Å². The normalized spacial score (nSPS) is 16.3. The molecule has 2 N–H and O–H groups in total. The largest absolute Gasteiger partial charge is 0.410 e. The van der Waals surface area contributed by atoms with Crippen molar-refractivity contribution in [2.24, 2.45) is 5.16 Å². The minimum absolute atomic E-state index is 0.00150. The van der Waals surface area contributed by atoms with E-state index in [1.54, 1.807) is 24.3 Å². The number of nitrogens with zero attached hydrogens (tertiary/aromatic N) is 1. The lowest BCUT2D eigenvalue weighted by Gasteiger charge is -2.11. The van der Waals surface area contributed by atoms with Crippen LogP contribution in [-0.4, -0.2) is 22.0 Å². The highest BCUT2D eigenvalue weighted by Crippen LogP contribution is 2.26. The van der Waals surface area contributed by atoms with Gasteiger partial charge in [-0.25, -0.2) is 5.26 Å². The molecule has 0 fully saturated rings. The predicted octanol–water partition coefficient (Wildman–Crippen LogP) is 1.89. The average Bonchev–Trinajstić information content (AvgIpc) is 2.36. The molecule has 2 rings (SSSR count). The van der Waals surface area contributed by atoms with Crippen LogP contribution in [-0.2, 0) is 14.2 Å². The van der Waals surface area contributed by atoms with Crippen molar-refractivity contribution in [2.45, 2.75) is 4.90 Å². The molecule has 1 aliphatic rings. The van der Waals surface area contributed by atoms with Crippen molar-refractivity contribution in [3.05, 3.63) is 35.4 Å². The van der Waals surface area contributed by atoms with Gasteiger partial charge in [0.15, 0.2) is 5.71 Å². The van der Waals surface area contributed by atoms with E-state index in [1.807, 2.05) is 0 Å². The lowest BCUT2D eigenvalue weighted by atomic mass is 9.95. The van der Waals surface area contributed by atoms with Crippen molar-refractivity contribution in [3.63, 3.8) is 0 Å². The number of hydrogen-bond donors (Lipinski definition) is 2. The molecule has 0 saturated carbocycles. The maximum atomic E-state index is 11.4. The molecule has 0 unspecified atom stereocenters. The molecule has 1 aromatic carbocycles. The fourth-order valence-corrected chi connectivity index (χ4v) is 1.89. The van der Waals surface area contributed by atoms with Crippen molar-refractivity contribution in [2.75, 3.05) is 0 Å². The lowest BCUT2D eigenvalue weighted by molar-refractivity contribution is -0.432. The van der Waals surface area contributed by atoms with Crippen LogP contribution in [0.5, 0.6) is 0 Å². The molecule has 7 heteroatoms. The Labute approximate surface area is 100 Å². The molecule has 1 aromatic rings. The molecule has 1 aliphatic carbocycles. The molecule has 0 radical (unpaired) electrons. The standard InChI is InChI=1S/C10H7NO5S/c12-9-4-1-6-5-7(17-16-15-14)2-3-8(6)10(9)11-13/h1-5,13-14H/b11-10-. The number of fused-ring (bicyclic) bond motifs is 1. The molecule has 0 aromatic heterocycles. The summed E-state index contributed by atoms with van der Waals surface area (Å²) in [7, 11) is 0. The number of ketones is 1. The van der Waals surface area contributed by atoms with E-state index in [-0.39, 0.29) is 11.5 Å². The van der Waals surface area contributed by atoms with Crippen molar-refractivity contribution in [3.8, 4) is 0 Å². The Morgan fingerprint density at radius 3 is 2.82 bits per heavy atom. The highest BCUT2D eigenvalue weighted by molar-refractivity contribution is 7.94. The van der Waals surface area contributed by atoms with Crippen molar-refractivity contribution < 1.29 is 24.6 Å². The van der Waals surface area contributed by atoms with Gasteiger partial charge in [-0.3, -0.25) is 4.79 Å². The van der Waals surface area contributed by atoms with Crippen LogP contribution in [0, 0.1) is 0 Å². The SMILES string of the molecule is O=C1C=Cc2cc(SOOO)ccc2/C1=N/O. The van der Waals surface area contributed by atoms with Gasteiger partial charge in [0.1, 0.15) is 0 Å². The third-order valence-corrected chi connectivity index (χ3v) is 2.76. The second kappa shape index (κ2) is 5.11. The molecule has 0 saturated heterocycles. The third kappa shape index (κ3) is 2.37. The zero-order valence-electron chi connectivity index (χ0n) is 8.36. The monoisotopic (exact) mass is 253 g/mol. The van der Waals surface area contributed by atoms with Gasteiger partial charge >= 0.3 is 0 Å². The second-order valence-electron chi connectivity index (χ2n) is 3.12. The topological polar surface area (TPSA) is 88.4 Å². The lowest BCUT2D eigenvalue weighted by Crippen LogP contribution is -2.17. The van der Waals surface area contributed by atoms with Gasteiger partial charge in [-0.2, -0.15) is 0 Å². The molecule has 0 amide bonds. The molecule has 6 nitrogen and oxygen atoms in total. The van der Waals surface area contributed by atoms with E-state index >= 15 is 0 Å². The summed E-state index contributed by atoms with van der Waals surface area (Å²) in [6, 6.07) is 4.96. The summed E-state index contributed by atoms with van der Waals surface area (Å²) in [6.45, 7) is 0. The number of carbonyl (C=O) groups excluding carboxylic acids is 1. The number of allylic oxidation sites excluding steroid dienone is 1. The van der Waals surface area contributed by atoms with Crippen LogP contribution >= 0.6 is 12.0 Å². The quantitative estimate of drug-likeness (QED) is 0.370. The van der Waals surface area contributed by atoms with E-state index in [1.165, 1.54) is 6.08 Å². The van der Waals surface area contributed by atoms with E-state index in [2.05, 4.69) is 14.5 Å². The van der Waals surface area contributed by atoms with Crippen LogP contribution < -0.4 is 0 Å². The Morgan fingerprint density at radius 2 is 2.12 bits per heavy atom. The Kier molecular flexibility index (Phi) is 3.55. The van der Waals surface area contributed by atoms with Crippen LogP contribution in [0.3, 0.4) is 0 Å². The molecule has 17 heavy (non-hydrogen) atoms. The van der Waals surface area contributed by atoms with Crippen LogP contribution in [0.2, 0.25) is 0 Å². The molecule has 0 bridgehead atoms. The highest BCUT2D eigenvalue weighted by Gasteiger charge is 2.19. The maximum absolute atomic E-state index is 11.4. The summed E-state index contributed by atoms with van der Waals surface area (Å²) in [5.74, 6) is -0.352. The molecule has 0 heterocycles.